The van der Waals surface area contributed by atoms with Gasteiger partial charge in [-0.15, -0.1) is 0 Å². The van der Waals surface area contributed by atoms with Crippen molar-refractivity contribution in [1.82, 2.24) is 0 Å². The Hall–Kier alpha value is -1.33. The first-order chi connectivity index (χ1) is 12.1. The minimum atomic E-state index is -1.41. The predicted molar refractivity (Wildman–Crippen MR) is 116 cm³/mol. The Morgan fingerprint density at radius 3 is 0.920 bits per heavy atom. The van der Waals surface area contributed by atoms with E-state index in [1.54, 1.807) is 0 Å². The van der Waals surface area contributed by atoms with Crippen molar-refractivity contribution >= 4 is 58.3 Å². The molecule has 0 atom stereocenters. The molecular formula is C18H18AsN3S3. The normalized spacial score (nSPS) is 10.9. The van der Waals surface area contributed by atoms with E-state index >= 15 is 0 Å². The molecule has 0 heterocycles. The summed E-state index contributed by atoms with van der Waals surface area (Å²) in [7, 11) is 5.85. The number of rotatable bonds is 6. The summed E-state index contributed by atoms with van der Waals surface area (Å²) in [5.74, 6) is 0. The predicted octanol–water partition coefficient (Wildman–Crippen LogP) is 5.09. The van der Waals surface area contributed by atoms with Crippen LogP contribution in [-0.4, -0.2) is 11.2 Å². The quantitative estimate of drug-likeness (QED) is 0.361. The van der Waals surface area contributed by atoms with Gasteiger partial charge in [-0.1, -0.05) is 0 Å². The van der Waals surface area contributed by atoms with Crippen molar-refractivity contribution in [2.45, 2.75) is 14.7 Å². The molecule has 3 aromatic carbocycles. The first-order valence-electron chi connectivity index (χ1n) is 7.49. The number of benzene rings is 3. The monoisotopic (exact) mass is 447 g/mol. The van der Waals surface area contributed by atoms with Crippen LogP contribution in [0.3, 0.4) is 0 Å². The van der Waals surface area contributed by atoms with E-state index in [1.807, 2.05) is 66.5 Å². The van der Waals surface area contributed by atoms with Gasteiger partial charge in [0.15, 0.2) is 0 Å². The molecule has 0 saturated carbocycles. The van der Waals surface area contributed by atoms with Crippen molar-refractivity contribution in [3.63, 3.8) is 0 Å². The molecule has 3 aromatic rings. The van der Waals surface area contributed by atoms with Crippen molar-refractivity contribution in [2.75, 3.05) is 17.2 Å². The molecule has 0 fully saturated rings. The molecule has 0 aromatic heterocycles. The molecular weight excluding hydrogens is 429 g/mol. The average Bonchev–Trinajstić information content (AvgIpc) is 2.61. The second-order valence-electron chi connectivity index (χ2n) is 5.20. The average molecular weight is 447 g/mol. The summed E-state index contributed by atoms with van der Waals surface area (Å²) in [6.07, 6.45) is 0. The summed E-state index contributed by atoms with van der Waals surface area (Å²) in [6, 6.07) is 24.3. The van der Waals surface area contributed by atoms with Gasteiger partial charge < -0.3 is 0 Å². The van der Waals surface area contributed by atoms with Gasteiger partial charge >= 0.3 is 163 Å². The van der Waals surface area contributed by atoms with Gasteiger partial charge in [-0.3, -0.25) is 0 Å². The summed E-state index contributed by atoms with van der Waals surface area (Å²) >= 11 is -1.41. The van der Waals surface area contributed by atoms with Gasteiger partial charge in [0, 0.05) is 0 Å². The molecule has 0 amide bonds. The van der Waals surface area contributed by atoms with Crippen LogP contribution in [-0.2, 0) is 0 Å². The van der Waals surface area contributed by atoms with Crippen LogP contribution in [0.4, 0.5) is 17.1 Å². The fourth-order valence-corrected chi connectivity index (χ4v) is 19.3. The molecule has 0 radical (unpaired) electrons. The zero-order chi connectivity index (χ0) is 17.6. The second kappa shape index (κ2) is 8.86. The second-order valence-corrected chi connectivity index (χ2v) is 20.8. The molecule has 0 spiro atoms. The van der Waals surface area contributed by atoms with Gasteiger partial charge in [-0.2, -0.15) is 0 Å². The summed E-state index contributed by atoms with van der Waals surface area (Å²) in [5, 5.41) is 0. The van der Waals surface area contributed by atoms with Gasteiger partial charge in [-0.25, -0.2) is 0 Å². The molecule has 0 saturated heterocycles. The Balaban J connectivity index is 1.77. The first kappa shape index (κ1) is 18.5. The molecule has 25 heavy (non-hydrogen) atoms. The third-order valence-corrected chi connectivity index (χ3v) is 18.8. The van der Waals surface area contributed by atoms with E-state index in [-0.39, 0.29) is 0 Å². The van der Waals surface area contributed by atoms with E-state index in [4.69, 9.17) is 17.2 Å². The molecule has 7 heteroatoms. The van der Waals surface area contributed by atoms with Gasteiger partial charge in [0.25, 0.3) is 0 Å². The van der Waals surface area contributed by atoms with E-state index < -0.39 is 11.2 Å². The number of hydrogen-bond donors (Lipinski definition) is 3. The molecule has 0 unspecified atom stereocenters. The molecule has 0 aliphatic heterocycles. The van der Waals surface area contributed by atoms with Crippen LogP contribution in [0.15, 0.2) is 87.5 Å². The Kier molecular flexibility index (Phi) is 6.54. The summed E-state index contributed by atoms with van der Waals surface area (Å²) in [4.78, 5) is 3.75. The van der Waals surface area contributed by atoms with Gasteiger partial charge in [0.1, 0.15) is 0 Å². The van der Waals surface area contributed by atoms with Gasteiger partial charge in [0.05, 0.1) is 0 Å². The topological polar surface area (TPSA) is 78.1 Å². The van der Waals surface area contributed by atoms with E-state index in [2.05, 4.69) is 36.4 Å². The number of nitrogens with two attached hydrogens (primary N) is 3. The number of hydrogen-bond acceptors (Lipinski definition) is 6. The SMILES string of the molecule is Nc1ccc(S[As](Sc2ccc(N)cc2)Sc2ccc(N)cc2)cc1. The van der Waals surface area contributed by atoms with Gasteiger partial charge in [-0.05, 0) is 0 Å². The summed E-state index contributed by atoms with van der Waals surface area (Å²) < 4.78 is 0. The maximum absolute atomic E-state index is 5.80. The standard InChI is InChI=1S/C18H18AsN3S3/c20-13-1-7-16(8-2-13)23-19(24-17-9-3-14(21)4-10-17)25-18-11-5-15(22)6-12-18/h1-12H,20-22H2. The molecule has 0 aliphatic carbocycles. The minimum absolute atomic E-state index is 0.792. The van der Waals surface area contributed by atoms with E-state index in [1.165, 1.54) is 14.7 Å². The zero-order valence-corrected chi connectivity index (χ0v) is 17.7. The van der Waals surface area contributed by atoms with E-state index in [0.29, 0.717) is 0 Å². The Labute approximate surface area is 162 Å². The Bertz CT molecular complexity index is 696. The van der Waals surface area contributed by atoms with Crippen LogP contribution in [0.2, 0.25) is 0 Å². The first-order valence-corrected chi connectivity index (χ1v) is 16.7. The van der Waals surface area contributed by atoms with Crippen molar-refractivity contribution < 1.29 is 0 Å². The Morgan fingerprint density at radius 1 is 0.440 bits per heavy atom. The molecule has 0 bridgehead atoms. The van der Waals surface area contributed by atoms with Crippen LogP contribution in [0.5, 0.6) is 0 Å². The van der Waals surface area contributed by atoms with Crippen LogP contribution < -0.4 is 17.2 Å². The van der Waals surface area contributed by atoms with Crippen molar-refractivity contribution in [2.24, 2.45) is 0 Å². The summed E-state index contributed by atoms with van der Waals surface area (Å²) in [6.45, 7) is 0. The van der Waals surface area contributed by atoms with Crippen LogP contribution >= 0.6 is 30.1 Å². The zero-order valence-electron chi connectivity index (χ0n) is 13.3. The molecule has 3 rings (SSSR count). The number of anilines is 3. The summed E-state index contributed by atoms with van der Waals surface area (Å²) in [5.41, 5.74) is 19.8. The van der Waals surface area contributed by atoms with Crippen LogP contribution in [0.1, 0.15) is 0 Å². The van der Waals surface area contributed by atoms with Crippen molar-refractivity contribution in [1.29, 1.82) is 0 Å². The Morgan fingerprint density at radius 2 is 0.680 bits per heavy atom. The van der Waals surface area contributed by atoms with Crippen molar-refractivity contribution in [3.8, 4) is 0 Å². The van der Waals surface area contributed by atoms with Crippen molar-refractivity contribution in [3.05, 3.63) is 72.8 Å². The van der Waals surface area contributed by atoms with Crippen LogP contribution in [0, 0.1) is 0 Å². The maximum atomic E-state index is 5.80. The molecule has 128 valence electrons. The fourth-order valence-electron chi connectivity index (χ4n) is 1.90. The fraction of sp³-hybridized carbons (Fsp3) is 0. The molecule has 3 nitrogen and oxygen atoms in total. The third kappa shape index (κ3) is 5.85. The van der Waals surface area contributed by atoms with E-state index in [0.717, 1.165) is 17.1 Å². The number of nitrogen functional groups attached to an aromatic ring is 3. The van der Waals surface area contributed by atoms with Gasteiger partial charge in [0.2, 0.25) is 0 Å². The van der Waals surface area contributed by atoms with Crippen LogP contribution in [0.25, 0.3) is 0 Å². The molecule has 0 aliphatic rings. The van der Waals surface area contributed by atoms with E-state index in [9.17, 15) is 0 Å². The third-order valence-electron chi connectivity index (χ3n) is 3.18. The molecule has 6 N–H and O–H groups in total.